The van der Waals surface area contributed by atoms with E-state index in [1.807, 2.05) is 0 Å². The van der Waals surface area contributed by atoms with E-state index in [1.165, 1.54) is 30.5 Å². The quantitative estimate of drug-likeness (QED) is 0.275. The third-order valence-corrected chi connectivity index (χ3v) is 6.44. The number of β-amino-alcohol motifs (C(OH)–C–C–N with tert-alkyl or cyclic N) is 1. The minimum Gasteiger partial charge on any atom is -0.507 e. The van der Waals surface area contributed by atoms with E-state index in [-0.39, 0.29) is 59.5 Å². The lowest BCUT2D eigenvalue weighted by atomic mass is 9.97. The number of pyridine rings is 1. The number of aromatic hydroxyl groups is 1. The number of aliphatic hydroxyl groups is 1. The van der Waals surface area contributed by atoms with Gasteiger partial charge >= 0.3 is 0 Å². The van der Waals surface area contributed by atoms with Crippen molar-refractivity contribution in [2.75, 3.05) is 16.8 Å². The van der Waals surface area contributed by atoms with Gasteiger partial charge in [-0.1, -0.05) is 12.1 Å². The molecule has 2 atom stereocenters. The Morgan fingerprint density at radius 1 is 1.15 bits per heavy atom. The highest BCUT2D eigenvalue weighted by Gasteiger charge is 2.35. The lowest BCUT2D eigenvalue weighted by Crippen LogP contribution is -2.40. The standard InChI is InChI=1S/C28H22FN5O5.ClH/c29-16-6-7-19(24(36)10-16)22-12-20(21(13-30)27(32-22)33-28(38)25-5-2-8-39-25)15-3-1-4-17(9-15)34-14-18(35)11-23(34)26(31)37;/h1-10,12,18,23,35-36H,11,14H2,(H2,31,37)(H,32,33,38);1H/t18-,23+;/m1./s1. The lowest BCUT2D eigenvalue weighted by Gasteiger charge is -2.25. The maximum absolute atomic E-state index is 13.7. The first-order valence-electron chi connectivity index (χ1n) is 11.9. The minimum atomic E-state index is -0.738. The number of hydrogen-bond donors (Lipinski definition) is 4. The summed E-state index contributed by atoms with van der Waals surface area (Å²) in [6.07, 6.45) is 0.777. The van der Waals surface area contributed by atoms with Gasteiger partial charge in [-0.25, -0.2) is 9.37 Å². The number of aliphatic hydroxyl groups excluding tert-OH is 1. The second-order valence-corrected chi connectivity index (χ2v) is 8.99. The molecule has 0 radical (unpaired) electrons. The van der Waals surface area contributed by atoms with Crippen molar-refractivity contribution >= 4 is 35.7 Å². The van der Waals surface area contributed by atoms with E-state index in [9.17, 15) is 29.5 Å². The molecule has 1 aliphatic heterocycles. The van der Waals surface area contributed by atoms with Crippen LogP contribution in [0.2, 0.25) is 0 Å². The molecule has 0 saturated carbocycles. The minimum absolute atomic E-state index is 0. The zero-order chi connectivity index (χ0) is 27.7. The number of primary amides is 1. The molecule has 204 valence electrons. The predicted octanol–water partition coefficient (Wildman–Crippen LogP) is 3.82. The number of rotatable bonds is 6. The first kappa shape index (κ1) is 28.1. The molecule has 1 aliphatic rings. The van der Waals surface area contributed by atoms with E-state index in [0.29, 0.717) is 16.8 Å². The molecule has 2 aromatic carbocycles. The summed E-state index contributed by atoms with van der Waals surface area (Å²) in [5.74, 6) is -2.38. The van der Waals surface area contributed by atoms with Crippen LogP contribution in [0.25, 0.3) is 22.4 Å². The summed E-state index contributed by atoms with van der Waals surface area (Å²) in [7, 11) is 0. The number of halogens is 2. The Morgan fingerprint density at radius 3 is 2.62 bits per heavy atom. The molecule has 5 rings (SSSR count). The number of phenols is 1. The maximum Gasteiger partial charge on any atom is 0.292 e. The van der Waals surface area contributed by atoms with Crippen molar-refractivity contribution in [3.05, 3.63) is 84.1 Å². The SMILES string of the molecule is Cl.N#Cc1c(-c2cccc(N3C[C@H](O)C[C@H]3C(N)=O)c2)cc(-c2ccc(F)cc2O)nc1NC(=O)c1ccco1. The van der Waals surface area contributed by atoms with Crippen LogP contribution < -0.4 is 16.0 Å². The van der Waals surface area contributed by atoms with Crippen molar-refractivity contribution in [1.82, 2.24) is 4.98 Å². The third-order valence-electron chi connectivity index (χ3n) is 6.44. The summed E-state index contributed by atoms with van der Waals surface area (Å²) in [5.41, 5.74) is 7.36. The molecule has 2 amide bonds. The highest BCUT2D eigenvalue weighted by molar-refractivity contribution is 6.03. The lowest BCUT2D eigenvalue weighted by molar-refractivity contribution is -0.119. The average Bonchev–Trinajstić information content (AvgIpc) is 3.59. The number of anilines is 2. The summed E-state index contributed by atoms with van der Waals surface area (Å²) >= 11 is 0. The Hall–Kier alpha value is -4.92. The number of hydrogen-bond acceptors (Lipinski definition) is 8. The highest BCUT2D eigenvalue weighted by atomic mass is 35.5. The van der Waals surface area contributed by atoms with Gasteiger partial charge in [0.1, 0.15) is 29.2 Å². The molecular weight excluding hydrogens is 541 g/mol. The van der Waals surface area contributed by atoms with Crippen LogP contribution in [0.15, 0.2) is 71.3 Å². The van der Waals surface area contributed by atoms with Crippen LogP contribution in [-0.2, 0) is 4.79 Å². The van der Waals surface area contributed by atoms with Gasteiger partial charge in [-0.3, -0.25) is 9.59 Å². The van der Waals surface area contributed by atoms with Gasteiger partial charge in [0.2, 0.25) is 5.91 Å². The van der Waals surface area contributed by atoms with Crippen molar-refractivity contribution in [1.29, 1.82) is 5.26 Å². The number of nitrogens with zero attached hydrogens (tertiary/aromatic N) is 3. The van der Waals surface area contributed by atoms with Gasteiger partial charge in [-0.15, -0.1) is 12.4 Å². The summed E-state index contributed by atoms with van der Waals surface area (Å²) < 4.78 is 18.8. The molecule has 0 unspecified atom stereocenters. The molecule has 1 saturated heterocycles. The fourth-order valence-electron chi connectivity index (χ4n) is 4.63. The number of carbonyl (C=O) groups excluding carboxylic acids is 2. The van der Waals surface area contributed by atoms with Crippen LogP contribution in [-0.4, -0.2) is 45.7 Å². The van der Waals surface area contributed by atoms with E-state index in [1.54, 1.807) is 29.2 Å². The first-order valence-corrected chi connectivity index (χ1v) is 11.9. The molecule has 2 aromatic heterocycles. The molecule has 1 fully saturated rings. The van der Waals surface area contributed by atoms with Crippen molar-refractivity contribution in [2.24, 2.45) is 5.73 Å². The van der Waals surface area contributed by atoms with E-state index < -0.39 is 29.8 Å². The van der Waals surface area contributed by atoms with E-state index in [4.69, 9.17) is 10.2 Å². The van der Waals surface area contributed by atoms with E-state index >= 15 is 0 Å². The molecule has 0 spiro atoms. The van der Waals surface area contributed by atoms with Crippen molar-refractivity contribution in [2.45, 2.75) is 18.6 Å². The number of benzene rings is 2. The number of nitriles is 1. The summed E-state index contributed by atoms with van der Waals surface area (Å²) in [6.45, 7) is 0.192. The fraction of sp³-hybridized carbons (Fsp3) is 0.143. The largest absolute Gasteiger partial charge is 0.507 e. The third kappa shape index (κ3) is 5.44. The molecule has 5 N–H and O–H groups in total. The number of amides is 2. The highest BCUT2D eigenvalue weighted by Crippen LogP contribution is 2.37. The van der Waals surface area contributed by atoms with Crippen LogP contribution in [0.1, 0.15) is 22.5 Å². The van der Waals surface area contributed by atoms with Crippen LogP contribution in [0.4, 0.5) is 15.9 Å². The number of aromatic nitrogens is 1. The zero-order valence-electron chi connectivity index (χ0n) is 20.7. The Labute approximate surface area is 233 Å². The van der Waals surface area contributed by atoms with Crippen LogP contribution >= 0.6 is 12.4 Å². The summed E-state index contributed by atoms with van der Waals surface area (Å²) in [4.78, 5) is 30.9. The zero-order valence-corrected chi connectivity index (χ0v) is 21.6. The van der Waals surface area contributed by atoms with E-state index in [0.717, 1.165) is 12.1 Å². The van der Waals surface area contributed by atoms with Crippen LogP contribution in [0, 0.1) is 17.1 Å². The Balaban J connectivity index is 0.00000370. The number of carbonyl (C=O) groups is 2. The van der Waals surface area contributed by atoms with Crippen molar-refractivity contribution in [3.8, 4) is 34.2 Å². The van der Waals surface area contributed by atoms with Gasteiger partial charge in [-0.05, 0) is 48.0 Å². The van der Waals surface area contributed by atoms with Gasteiger partial charge in [0, 0.05) is 35.8 Å². The van der Waals surface area contributed by atoms with Gasteiger partial charge in [0.05, 0.1) is 18.1 Å². The molecule has 0 bridgehead atoms. The van der Waals surface area contributed by atoms with Gasteiger partial charge in [0.15, 0.2) is 11.6 Å². The Bertz CT molecular complexity index is 1620. The molecule has 0 aliphatic carbocycles. The fourth-order valence-corrected chi connectivity index (χ4v) is 4.63. The van der Waals surface area contributed by atoms with Crippen LogP contribution in [0.5, 0.6) is 5.75 Å². The molecule has 10 nitrogen and oxygen atoms in total. The number of nitrogens with one attached hydrogen (secondary N) is 1. The van der Waals surface area contributed by atoms with Crippen molar-refractivity contribution < 1.29 is 28.6 Å². The normalized spacial score (nSPS) is 16.2. The van der Waals surface area contributed by atoms with Crippen molar-refractivity contribution in [3.63, 3.8) is 0 Å². The second-order valence-electron chi connectivity index (χ2n) is 8.99. The van der Waals surface area contributed by atoms with Crippen LogP contribution in [0.3, 0.4) is 0 Å². The monoisotopic (exact) mass is 563 g/mol. The number of nitrogens with two attached hydrogens (primary N) is 1. The number of furan rings is 1. The molecule has 4 aromatic rings. The Morgan fingerprint density at radius 2 is 1.95 bits per heavy atom. The summed E-state index contributed by atoms with van der Waals surface area (Å²) in [5, 5.41) is 33.3. The van der Waals surface area contributed by atoms with Gasteiger partial charge in [0.25, 0.3) is 5.91 Å². The smallest absolute Gasteiger partial charge is 0.292 e. The summed E-state index contributed by atoms with van der Waals surface area (Å²) in [6, 6.07) is 16.2. The molecular formula is C28H23ClFN5O5. The average molecular weight is 564 g/mol. The second kappa shape index (κ2) is 11.4. The van der Waals surface area contributed by atoms with Gasteiger partial charge < -0.3 is 30.6 Å². The Kier molecular flexibility index (Phi) is 8.04. The topological polar surface area (TPSA) is 166 Å². The van der Waals surface area contributed by atoms with E-state index in [2.05, 4.69) is 16.4 Å². The molecule has 12 heteroatoms. The predicted molar refractivity (Wildman–Crippen MR) is 146 cm³/mol. The maximum atomic E-state index is 13.7. The molecule has 40 heavy (non-hydrogen) atoms. The first-order chi connectivity index (χ1) is 18.7. The molecule has 3 heterocycles. The van der Waals surface area contributed by atoms with Gasteiger partial charge in [-0.2, -0.15) is 5.26 Å². The number of phenolic OH excluding ortho intramolecular Hbond substituents is 1.